The van der Waals surface area contributed by atoms with Crippen LogP contribution in [-0.2, 0) is 11.3 Å². The van der Waals surface area contributed by atoms with Crippen LogP contribution in [0.1, 0.15) is 23.5 Å². The largest absolute Gasteiger partial charge is 0.493 e. The lowest BCUT2D eigenvalue weighted by Gasteiger charge is -2.10. The number of anilines is 1. The molecule has 0 unspecified atom stereocenters. The first kappa shape index (κ1) is 15.6. The maximum atomic E-state index is 11.0. The predicted molar refractivity (Wildman–Crippen MR) is 91.4 cm³/mol. The van der Waals surface area contributed by atoms with E-state index in [0.717, 1.165) is 23.2 Å². The maximum absolute atomic E-state index is 11.0. The first-order valence-corrected chi connectivity index (χ1v) is 8.19. The van der Waals surface area contributed by atoms with Crippen LogP contribution < -0.4 is 19.5 Å². The number of methoxy groups -OCH3 is 1. The van der Waals surface area contributed by atoms with E-state index >= 15 is 0 Å². The maximum Gasteiger partial charge on any atom is 0.307 e. The van der Waals surface area contributed by atoms with Crippen molar-refractivity contribution in [2.45, 2.75) is 18.9 Å². The van der Waals surface area contributed by atoms with Gasteiger partial charge in [-0.15, -0.1) is 0 Å². The second-order valence-electron chi connectivity index (χ2n) is 6.29. The predicted octanol–water partition coefficient (Wildman–Crippen LogP) is 3.22. The van der Waals surface area contributed by atoms with Crippen LogP contribution in [0.5, 0.6) is 17.2 Å². The Kier molecular flexibility index (Phi) is 3.87. The molecule has 1 aliphatic carbocycles. The minimum Gasteiger partial charge on any atom is -0.493 e. The Morgan fingerprint density at radius 3 is 2.76 bits per heavy atom. The van der Waals surface area contributed by atoms with Gasteiger partial charge >= 0.3 is 5.97 Å². The molecule has 2 aromatic carbocycles. The number of ether oxygens (including phenoxy) is 3. The Hall–Kier alpha value is -2.89. The van der Waals surface area contributed by atoms with Gasteiger partial charge < -0.3 is 24.6 Å². The molecule has 1 saturated carbocycles. The van der Waals surface area contributed by atoms with Crippen molar-refractivity contribution in [2.24, 2.45) is 5.92 Å². The summed E-state index contributed by atoms with van der Waals surface area (Å²) in [5.74, 6) is 1.23. The average Bonchev–Trinajstić information content (AvgIpc) is 3.30. The fourth-order valence-electron chi connectivity index (χ4n) is 3.17. The monoisotopic (exact) mass is 341 g/mol. The summed E-state index contributed by atoms with van der Waals surface area (Å²) in [4.78, 5) is 11.0. The van der Waals surface area contributed by atoms with Crippen molar-refractivity contribution in [2.75, 3.05) is 19.2 Å². The van der Waals surface area contributed by atoms with Crippen molar-refractivity contribution < 1.29 is 24.1 Å². The van der Waals surface area contributed by atoms with E-state index in [0.29, 0.717) is 23.8 Å². The molecule has 2 atom stereocenters. The normalized spacial score (nSPS) is 20.2. The molecule has 0 spiro atoms. The van der Waals surface area contributed by atoms with Gasteiger partial charge in [-0.1, -0.05) is 12.1 Å². The number of carboxylic acid groups (broad SMARTS) is 1. The van der Waals surface area contributed by atoms with E-state index < -0.39 is 5.97 Å². The minimum atomic E-state index is -0.705. The highest BCUT2D eigenvalue weighted by Gasteiger charge is 2.43. The van der Waals surface area contributed by atoms with Gasteiger partial charge in [-0.2, -0.15) is 0 Å². The lowest BCUT2D eigenvalue weighted by Crippen LogP contribution is -2.01. The van der Waals surface area contributed by atoms with Crippen molar-refractivity contribution in [3.05, 3.63) is 47.5 Å². The lowest BCUT2D eigenvalue weighted by molar-refractivity contribution is -0.138. The van der Waals surface area contributed by atoms with E-state index in [1.165, 1.54) is 0 Å². The van der Waals surface area contributed by atoms with E-state index in [2.05, 4.69) is 5.32 Å². The molecule has 6 heteroatoms. The minimum absolute atomic E-state index is 0.157. The zero-order valence-electron chi connectivity index (χ0n) is 13.8. The van der Waals surface area contributed by atoms with E-state index in [1.807, 2.05) is 36.4 Å². The molecule has 2 aromatic rings. The average molecular weight is 341 g/mol. The van der Waals surface area contributed by atoms with E-state index in [4.69, 9.17) is 19.3 Å². The standard InChI is InChI=1S/C19H19NO5/c1-23-16-6-11(7-17-18(16)25-10-24-17)9-20-13-4-2-12(3-5-13)14-8-15(14)19(21)22/h2-7,14-15,20H,8-10H2,1H3,(H,21,22)/t14-,15+/m0/s1. The topological polar surface area (TPSA) is 77.0 Å². The van der Waals surface area contributed by atoms with Crippen LogP contribution in [0.4, 0.5) is 5.69 Å². The molecule has 2 aliphatic rings. The Morgan fingerprint density at radius 1 is 1.28 bits per heavy atom. The van der Waals surface area contributed by atoms with Crippen molar-refractivity contribution in [3.8, 4) is 17.2 Å². The molecule has 1 fully saturated rings. The number of hydrogen-bond acceptors (Lipinski definition) is 5. The van der Waals surface area contributed by atoms with Gasteiger partial charge in [-0.25, -0.2) is 0 Å². The van der Waals surface area contributed by atoms with Gasteiger partial charge in [0.15, 0.2) is 11.5 Å². The molecule has 2 N–H and O–H groups in total. The second kappa shape index (κ2) is 6.20. The summed E-state index contributed by atoms with van der Waals surface area (Å²) in [6.07, 6.45) is 0.735. The van der Waals surface area contributed by atoms with Crippen molar-refractivity contribution >= 4 is 11.7 Å². The summed E-state index contributed by atoms with van der Waals surface area (Å²) in [6.45, 7) is 0.829. The highest BCUT2D eigenvalue weighted by atomic mass is 16.7. The molecule has 6 nitrogen and oxygen atoms in total. The van der Waals surface area contributed by atoms with Crippen LogP contribution in [0.15, 0.2) is 36.4 Å². The third-order valence-electron chi connectivity index (χ3n) is 4.66. The quantitative estimate of drug-likeness (QED) is 0.840. The number of hydrogen-bond donors (Lipinski definition) is 2. The Labute approximate surface area is 145 Å². The van der Waals surface area contributed by atoms with Gasteiger partial charge in [0.2, 0.25) is 12.5 Å². The number of rotatable bonds is 6. The van der Waals surface area contributed by atoms with Crippen LogP contribution in [-0.4, -0.2) is 25.0 Å². The van der Waals surface area contributed by atoms with Gasteiger partial charge in [-0.3, -0.25) is 4.79 Å². The van der Waals surface area contributed by atoms with Crippen LogP contribution in [0.2, 0.25) is 0 Å². The Bertz CT molecular complexity index is 802. The third kappa shape index (κ3) is 3.07. The Morgan fingerprint density at radius 2 is 2.08 bits per heavy atom. The molecule has 130 valence electrons. The molecule has 0 amide bonds. The molecule has 4 rings (SSSR count). The zero-order chi connectivity index (χ0) is 17.4. The van der Waals surface area contributed by atoms with Crippen LogP contribution in [0.3, 0.4) is 0 Å². The molecule has 0 aromatic heterocycles. The molecule has 1 heterocycles. The second-order valence-corrected chi connectivity index (χ2v) is 6.29. The summed E-state index contributed by atoms with van der Waals surface area (Å²) < 4.78 is 16.2. The molecule has 0 bridgehead atoms. The zero-order valence-corrected chi connectivity index (χ0v) is 13.8. The van der Waals surface area contributed by atoms with E-state index in [9.17, 15) is 4.79 Å². The van der Waals surface area contributed by atoms with Crippen LogP contribution in [0.25, 0.3) is 0 Å². The summed E-state index contributed by atoms with van der Waals surface area (Å²) in [6, 6.07) is 11.8. The SMILES string of the molecule is COc1cc(CNc2ccc([C@@H]3C[C@H]3C(=O)O)cc2)cc2c1OCO2. The number of carboxylic acids is 1. The molecule has 0 radical (unpaired) electrons. The van der Waals surface area contributed by atoms with Crippen LogP contribution >= 0.6 is 0 Å². The lowest BCUT2D eigenvalue weighted by atomic mass is 10.1. The summed E-state index contributed by atoms with van der Waals surface area (Å²) in [5.41, 5.74) is 3.09. The third-order valence-corrected chi connectivity index (χ3v) is 4.66. The van der Waals surface area contributed by atoms with Gasteiger partial charge in [0.25, 0.3) is 0 Å². The fourth-order valence-corrected chi connectivity index (χ4v) is 3.17. The van der Waals surface area contributed by atoms with E-state index in [-0.39, 0.29) is 18.6 Å². The number of carbonyl (C=O) groups is 1. The number of aliphatic carboxylic acids is 1. The fraction of sp³-hybridized carbons (Fsp3) is 0.316. The van der Waals surface area contributed by atoms with Crippen molar-refractivity contribution in [3.63, 3.8) is 0 Å². The number of benzene rings is 2. The van der Waals surface area contributed by atoms with Gasteiger partial charge in [0, 0.05) is 12.2 Å². The smallest absolute Gasteiger partial charge is 0.307 e. The summed E-state index contributed by atoms with van der Waals surface area (Å²) in [7, 11) is 1.61. The Balaban J connectivity index is 1.41. The van der Waals surface area contributed by atoms with E-state index in [1.54, 1.807) is 7.11 Å². The van der Waals surface area contributed by atoms with Gasteiger partial charge in [0.05, 0.1) is 13.0 Å². The molecule has 0 saturated heterocycles. The first-order valence-electron chi connectivity index (χ1n) is 8.19. The summed E-state index contributed by atoms with van der Waals surface area (Å²) in [5, 5.41) is 12.4. The summed E-state index contributed by atoms with van der Waals surface area (Å²) >= 11 is 0. The van der Waals surface area contributed by atoms with Gasteiger partial charge in [0.1, 0.15) is 0 Å². The van der Waals surface area contributed by atoms with Crippen molar-refractivity contribution in [1.29, 1.82) is 0 Å². The highest BCUT2D eigenvalue weighted by molar-refractivity contribution is 5.75. The molecule has 25 heavy (non-hydrogen) atoms. The molecular formula is C19H19NO5. The number of nitrogens with one attached hydrogen (secondary N) is 1. The number of fused-ring (bicyclic) bond motifs is 1. The first-order chi connectivity index (χ1) is 12.2. The van der Waals surface area contributed by atoms with Crippen molar-refractivity contribution in [1.82, 2.24) is 0 Å². The molecule has 1 aliphatic heterocycles. The highest BCUT2D eigenvalue weighted by Crippen LogP contribution is 2.47. The van der Waals surface area contributed by atoms with Crippen LogP contribution in [0, 0.1) is 5.92 Å². The van der Waals surface area contributed by atoms with Gasteiger partial charge in [-0.05, 0) is 47.7 Å². The molecular weight excluding hydrogens is 322 g/mol.